The Balaban J connectivity index is 1.71. The van der Waals surface area contributed by atoms with Crippen LogP contribution in [-0.4, -0.2) is 28.2 Å². The summed E-state index contributed by atoms with van der Waals surface area (Å²) in [6.45, 7) is 3.94. The van der Waals surface area contributed by atoms with Crippen molar-refractivity contribution in [1.29, 1.82) is 0 Å². The van der Waals surface area contributed by atoms with Gasteiger partial charge in [-0.1, -0.05) is 5.16 Å². The fourth-order valence-electron chi connectivity index (χ4n) is 1.86. The molecule has 1 aromatic carbocycles. The molecule has 110 valence electrons. The molecule has 3 rings (SSSR count). The maximum absolute atomic E-state index is 11.8. The molecular formula is C15H17N3O3. The van der Waals surface area contributed by atoms with Gasteiger partial charge in [0.1, 0.15) is 5.75 Å². The highest BCUT2D eigenvalue weighted by Gasteiger charge is 2.26. The molecule has 1 aliphatic carbocycles. The van der Waals surface area contributed by atoms with Gasteiger partial charge in [0.15, 0.2) is 0 Å². The number of benzene rings is 1. The molecule has 0 saturated heterocycles. The fraction of sp³-hybridized carbons (Fsp3) is 0.400. The first-order valence-electron chi connectivity index (χ1n) is 7.03. The molecule has 6 heteroatoms. The third-order valence-corrected chi connectivity index (χ3v) is 3.02. The summed E-state index contributed by atoms with van der Waals surface area (Å²) in [7, 11) is 0. The standard InChI is InChI=1S/C15H17N3O3/c1-9(2)20-12-7-3-10(4-8-12)13-17-15(21-18-13)14(19)16-11-5-6-11/h3-4,7-9,11H,5-6H2,1-2H3,(H,16,19). The van der Waals surface area contributed by atoms with Crippen molar-refractivity contribution in [3.63, 3.8) is 0 Å². The van der Waals surface area contributed by atoms with Crippen LogP contribution in [0.25, 0.3) is 11.4 Å². The Hall–Kier alpha value is -2.37. The monoisotopic (exact) mass is 287 g/mol. The van der Waals surface area contributed by atoms with Gasteiger partial charge in [-0.3, -0.25) is 4.79 Å². The Morgan fingerprint density at radius 3 is 2.67 bits per heavy atom. The van der Waals surface area contributed by atoms with E-state index in [1.165, 1.54) is 0 Å². The number of ether oxygens (including phenoxy) is 1. The molecule has 6 nitrogen and oxygen atoms in total. The topological polar surface area (TPSA) is 77.2 Å². The zero-order valence-electron chi connectivity index (χ0n) is 12.0. The van der Waals surface area contributed by atoms with Crippen molar-refractivity contribution >= 4 is 5.91 Å². The van der Waals surface area contributed by atoms with Crippen molar-refractivity contribution in [1.82, 2.24) is 15.5 Å². The molecule has 1 saturated carbocycles. The molecule has 1 amide bonds. The molecule has 0 bridgehead atoms. The maximum atomic E-state index is 11.8. The van der Waals surface area contributed by atoms with Gasteiger partial charge in [-0.2, -0.15) is 4.98 Å². The lowest BCUT2D eigenvalue weighted by Gasteiger charge is -2.09. The van der Waals surface area contributed by atoms with E-state index in [1.54, 1.807) is 0 Å². The predicted octanol–water partition coefficient (Wildman–Crippen LogP) is 2.42. The van der Waals surface area contributed by atoms with Gasteiger partial charge in [0.2, 0.25) is 5.82 Å². The van der Waals surface area contributed by atoms with E-state index in [0.29, 0.717) is 5.82 Å². The number of amides is 1. The van der Waals surface area contributed by atoms with Gasteiger partial charge >= 0.3 is 11.8 Å². The lowest BCUT2D eigenvalue weighted by molar-refractivity contribution is 0.0907. The van der Waals surface area contributed by atoms with Crippen LogP contribution in [0.5, 0.6) is 5.75 Å². The Bertz CT molecular complexity index is 630. The van der Waals surface area contributed by atoms with E-state index in [2.05, 4.69) is 15.5 Å². The Kier molecular flexibility index (Phi) is 3.60. The molecule has 0 spiro atoms. The summed E-state index contributed by atoms with van der Waals surface area (Å²) in [5, 5.41) is 6.65. The van der Waals surface area contributed by atoms with Gasteiger partial charge in [-0.15, -0.1) is 0 Å². The van der Waals surface area contributed by atoms with Crippen LogP contribution < -0.4 is 10.1 Å². The molecule has 1 heterocycles. The van der Waals surface area contributed by atoms with Gasteiger partial charge in [-0.05, 0) is 51.0 Å². The summed E-state index contributed by atoms with van der Waals surface area (Å²) < 4.78 is 10.6. The Morgan fingerprint density at radius 2 is 2.05 bits per heavy atom. The quantitative estimate of drug-likeness (QED) is 0.913. The predicted molar refractivity (Wildman–Crippen MR) is 76.0 cm³/mol. The number of aromatic nitrogens is 2. The van der Waals surface area contributed by atoms with E-state index < -0.39 is 0 Å². The summed E-state index contributed by atoms with van der Waals surface area (Å²) in [4.78, 5) is 15.9. The van der Waals surface area contributed by atoms with Crippen molar-refractivity contribution in [2.24, 2.45) is 0 Å². The van der Waals surface area contributed by atoms with Crippen LogP contribution in [0, 0.1) is 0 Å². The first-order valence-corrected chi connectivity index (χ1v) is 7.03. The van der Waals surface area contributed by atoms with E-state index >= 15 is 0 Å². The molecule has 1 aromatic heterocycles. The molecule has 21 heavy (non-hydrogen) atoms. The first-order chi connectivity index (χ1) is 10.1. The fourth-order valence-corrected chi connectivity index (χ4v) is 1.86. The normalized spacial score (nSPS) is 14.2. The van der Waals surface area contributed by atoms with Crippen LogP contribution >= 0.6 is 0 Å². The van der Waals surface area contributed by atoms with E-state index in [4.69, 9.17) is 9.26 Å². The molecule has 0 atom stereocenters. The largest absolute Gasteiger partial charge is 0.491 e. The first kappa shape index (κ1) is 13.6. The van der Waals surface area contributed by atoms with Gasteiger partial charge in [0, 0.05) is 11.6 Å². The zero-order valence-corrected chi connectivity index (χ0v) is 12.0. The third kappa shape index (κ3) is 3.39. The maximum Gasteiger partial charge on any atom is 0.316 e. The van der Waals surface area contributed by atoms with E-state index in [0.717, 1.165) is 24.2 Å². The number of nitrogens with one attached hydrogen (secondary N) is 1. The molecular weight excluding hydrogens is 270 g/mol. The Labute approximate surface area is 122 Å². The van der Waals surface area contributed by atoms with Crippen molar-refractivity contribution in [3.8, 4) is 17.1 Å². The zero-order chi connectivity index (χ0) is 14.8. The highest BCUT2D eigenvalue weighted by Crippen LogP contribution is 2.22. The van der Waals surface area contributed by atoms with Crippen LogP contribution in [0.3, 0.4) is 0 Å². The smallest absolute Gasteiger partial charge is 0.316 e. The van der Waals surface area contributed by atoms with Gasteiger partial charge < -0.3 is 14.6 Å². The average Bonchev–Trinajstić information content (AvgIpc) is 3.12. The number of hydrogen-bond acceptors (Lipinski definition) is 5. The van der Waals surface area contributed by atoms with Crippen molar-refractivity contribution in [2.75, 3.05) is 0 Å². The van der Waals surface area contributed by atoms with Crippen LogP contribution in [0.2, 0.25) is 0 Å². The van der Waals surface area contributed by atoms with E-state index in [-0.39, 0.29) is 23.9 Å². The summed E-state index contributed by atoms with van der Waals surface area (Å²) >= 11 is 0. The molecule has 0 radical (unpaired) electrons. The van der Waals surface area contributed by atoms with E-state index in [9.17, 15) is 4.79 Å². The lowest BCUT2D eigenvalue weighted by atomic mass is 10.2. The minimum absolute atomic E-state index is 0.000549. The SMILES string of the molecule is CC(C)Oc1ccc(-c2noc(C(=O)NC3CC3)n2)cc1. The number of carbonyl (C=O) groups excluding carboxylic acids is 1. The number of nitrogens with zero attached hydrogens (tertiary/aromatic N) is 2. The average molecular weight is 287 g/mol. The summed E-state index contributed by atoms with van der Waals surface area (Å²) in [5.41, 5.74) is 0.778. The molecule has 0 aliphatic heterocycles. The molecule has 1 N–H and O–H groups in total. The Morgan fingerprint density at radius 1 is 1.33 bits per heavy atom. The van der Waals surface area contributed by atoms with Gasteiger partial charge in [-0.25, -0.2) is 0 Å². The number of hydrogen-bond donors (Lipinski definition) is 1. The van der Waals surface area contributed by atoms with Crippen LogP contribution in [0.15, 0.2) is 28.8 Å². The lowest BCUT2D eigenvalue weighted by Crippen LogP contribution is -2.25. The minimum atomic E-state index is -0.309. The summed E-state index contributed by atoms with van der Waals surface area (Å²) in [6, 6.07) is 7.63. The van der Waals surface area contributed by atoms with Crippen molar-refractivity contribution < 1.29 is 14.1 Å². The molecule has 2 aromatic rings. The van der Waals surface area contributed by atoms with Gasteiger partial charge in [0.05, 0.1) is 6.10 Å². The number of rotatable bonds is 5. The van der Waals surface area contributed by atoms with E-state index in [1.807, 2.05) is 38.1 Å². The van der Waals surface area contributed by atoms with Crippen LogP contribution in [-0.2, 0) is 0 Å². The highest BCUT2D eigenvalue weighted by molar-refractivity contribution is 5.90. The highest BCUT2D eigenvalue weighted by atomic mass is 16.5. The molecule has 1 aliphatic rings. The van der Waals surface area contributed by atoms with Crippen LogP contribution in [0.1, 0.15) is 37.4 Å². The van der Waals surface area contributed by atoms with Crippen molar-refractivity contribution in [3.05, 3.63) is 30.2 Å². The van der Waals surface area contributed by atoms with Crippen LogP contribution in [0.4, 0.5) is 0 Å². The van der Waals surface area contributed by atoms with Gasteiger partial charge in [0.25, 0.3) is 0 Å². The summed E-state index contributed by atoms with van der Waals surface area (Å²) in [5.74, 6) is 0.867. The summed E-state index contributed by atoms with van der Waals surface area (Å²) in [6.07, 6.45) is 2.16. The second-order valence-corrected chi connectivity index (χ2v) is 5.36. The second kappa shape index (κ2) is 5.55. The van der Waals surface area contributed by atoms with Crippen molar-refractivity contribution in [2.45, 2.75) is 38.8 Å². The second-order valence-electron chi connectivity index (χ2n) is 5.36. The molecule has 0 unspecified atom stereocenters. The number of carbonyl (C=O) groups is 1. The molecule has 1 fully saturated rings. The minimum Gasteiger partial charge on any atom is -0.491 e. The third-order valence-electron chi connectivity index (χ3n) is 3.02.